The molecule has 0 aromatic carbocycles. The summed E-state index contributed by atoms with van der Waals surface area (Å²) in [6.07, 6.45) is 25.0. The number of rotatable bonds is 0. The van der Waals surface area contributed by atoms with E-state index in [1.165, 1.54) is 0 Å². The van der Waals surface area contributed by atoms with Gasteiger partial charge in [0.2, 0.25) is 0 Å². The van der Waals surface area contributed by atoms with Crippen molar-refractivity contribution >= 4 is 0 Å². The summed E-state index contributed by atoms with van der Waals surface area (Å²) in [6.45, 7) is 0. The molecule has 0 bridgehead atoms. The molecule has 1 radical (unpaired) electrons. The molecule has 0 fully saturated rings. The molecule has 13 heavy (non-hydrogen) atoms. The second kappa shape index (κ2) is 7.35. The number of hydrogen-bond donors (Lipinski definition) is 0. The largest absolute Gasteiger partial charge is 0.0841 e. The average molecular weight is 171 g/mol. The monoisotopic (exact) mass is 171 g/mol. The number of hydrogen-bond acceptors (Lipinski definition) is 0. The summed E-state index contributed by atoms with van der Waals surface area (Å²) in [4.78, 5) is 0. The van der Waals surface area contributed by atoms with E-state index in [9.17, 15) is 0 Å². The fourth-order valence-electron chi connectivity index (χ4n) is 0.978. The Morgan fingerprint density at radius 2 is 0.923 bits per heavy atom. The van der Waals surface area contributed by atoms with Crippen LogP contribution in [0.15, 0.2) is 60.8 Å². The fraction of sp³-hybridized carbons (Fsp3) is 0.154. The van der Waals surface area contributed by atoms with Gasteiger partial charge in [-0.25, -0.2) is 0 Å². The van der Waals surface area contributed by atoms with Crippen LogP contribution in [-0.4, -0.2) is 0 Å². The summed E-state index contributed by atoms with van der Waals surface area (Å²) in [6, 6.07) is 0. The van der Waals surface area contributed by atoms with E-state index in [1.54, 1.807) is 0 Å². The second-order valence-corrected chi connectivity index (χ2v) is 2.76. The summed E-state index contributed by atoms with van der Waals surface area (Å²) < 4.78 is 0. The van der Waals surface area contributed by atoms with Gasteiger partial charge in [-0.15, -0.1) is 0 Å². The Kier molecular flexibility index (Phi) is 5.54. The minimum Gasteiger partial charge on any atom is -0.0841 e. The van der Waals surface area contributed by atoms with E-state index >= 15 is 0 Å². The zero-order chi connectivity index (χ0) is 9.19. The van der Waals surface area contributed by atoms with Gasteiger partial charge in [-0.05, 0) is 12.8 Å². The molecule has 0 saturated carbocycles. The lowest BCUT2D eigenvalue weighted by Gasteiger charge is -1.81. The lowest BCUT2D eigenvalue weighted by Crippen LogP contribution is -1.62. The second-order valence-electron chi connectivity index (χ2n) is 2.76. The fourth-order valence-corrected chi connectivity index (χ4v) is 0.978. The maximum Gasteiger partial charge on any atom is 0.00443 e. The summed E-state index contributed by atoms with van der Waals surface area (Å²) in [5, 5.41) is 0. The third kappa shape index (κ3) is 5.92. The predicted octanol–water partition coefficient (Wildman–Crippen LogP) is 3.77. The Labute approximate surface area is 80.7 Å². The minimum absolute atomic E-state index is 0.998. The first-order chi connectivity index (χ1) is 6.50. The molecule has 0 amide bonds. The van der Waals surface area contributed by atoms with Crippen molar-refractivity contribution in [3.63, 3.8) is 0 Å². The van der Waals surface area contributed by atoms with Crippen molar-refractivity contribution in [2.45, 2.75) is 12.8 Å². The van der Waals surface area contributed by atoms with E-state index < -0.39 is 0 Å². The molecular weight excluding hydrogens is 156 g/mol. The molecule has 0 unspecified atom stereocenters. The van der Waals surface area contributed by atoms with Gasteiger partial charge in [0.05, 0.1) is 0 Å². The third-order valence-electron chi connectivity index (χ3n) is 1.64. The van der Waals surface area contributed by atoms with E-state index in [4.69, 9.17) is 0 Å². The van der Waals surface area contributed by atoms with Crippen LogP contribution in [0.1, 0.15) is 12.8 Å². The molecular formula is C13H15. The average Bonchev–Trinajstić information content (AvgIpc) is 2.18. The molecule has 0 N–H and O–H groups in total. The molecule has 1 rings (SSSR count). The molecule has 0 aliphatic heterocycles. The van der Waals surface area contributed by atoms with E-state index in [0.717, 1.165) is 12.8 Å². The highest BCUT2D eigenvalue weighted by molar-refractivity contribution is 5.16. The predicted molar refractivity (Wildman–Crippen MR) is 59.2 cm³/mol. The molecule has 1 aliphatic rings. The van der Waals surface area contributed by atoms with Gasteiger partial charge in [0.25, 0.3) is 0 Å². The van der Waals surface area contributed by atoms with Crippen LogP contribution in [0.3, 0.4) is 0 Å². The molecule has 67 valence electrons. The first kappa shape index (κ1) is 9.79. The third-order valence-corrected chi connectivity index (χ3v) is 1.64. The van der Waals surface area contributed by atoms with Crippen molar-refractivity contribution in [3.8, 4) is 0 Å². The minimum atomic E-state index is 0.998. The van der Waals surface area contributed by atoms with Gasteiger partial charge in [-0.1, -0.05) is 60.8 Å². The van der Waals surface area contributed by atoms with E-state index in [0.29, 0.717) is 0 Å². The Morgan fingerprint density at radius 3 is 1.46 bits per heavy atom. The molecule has 0 heteroatoms. The van der Waals surface area contributed by atoms with E-state index in [2.05, 4.69) is 67.2 Å². The van der Waals surface area contributed by atoms with E-state index in [-0.39, 0.29) is 0 Å². The van der Waals surface area contributed by atoms with E-state index in [1.807, 2.05) is 0 Å². The summed E-state index contributed by atoms with van der Waals surface area (Å²) in [5.74, 6) is 0. The van der Waals surface area contributed by atoms with Crippen molar-refractivity contribution < 1.29 is 0 Å². The molecule has 0 heterocycles. The lowest BCUT2D eigenvalue weighted by atomic mass is 10.3. The quantitative estimate of drug-likeness (QED) is 0.520. The molecule has 0 spiro atoms. The lowest BCUT2D eigenvalue weighted by molar-refractivity contribution is 1.37. The van der Waals surface area contributed by atoms with Gasteiger partial charge in [0, 0.05) is 6.42 Å². The summed E-state index contributed by atoms with van der Waals surface area (Å²) in [5.41, 5.74) is 0. The highest BCUT2D eigenvalue weighted by atomic mass is 13.8. The maximum atomic E-state index is 2.14. The van der Waals surface area contributed by atoms with Crippen LogP contribution in [0.5, 0.6) is 0 Å². The Balaban J connectivity index is 2.49. The normalized spacial score (nSPS) is 30.2. The summed E-state index contributed by atoms with van der Waals surface area (Å²) >= 11 is 0. The van der Waals surface area contributed by atoms with Crippen LogP contribution in [0.4, 0.5) is 0 Å². The van der Waals surface area contributed by atoms with Crippen molar-refractivity contribution in [3.05, 3.63) is 67.2 Å². The molecule has 0 nitrogen and oxygen atoms in total. The highest BCUT2D eigenvalue weighted by Gasteiger charge is 1.74. The van der Waals surface area contributed by atoms with Crippen LogP contribution in [0, 0.1) is 6.42 Å². The van der Waals surface area contributed by atoms with Crippen molar-refractivity contribution in [2.24, 2.45) is 0 Å². The zero-order valence-corrected chi connectivity index (χ0v) is 7.77. The Bertz CT molecular complexity index is 223. The van der Waals surface area contributed by atoms with Crippen molar-refractivity contribution in [1.82, 2.24) is 0 Å². The van der Waals surface area contributed by atoms with Crippen LogP contribution in [0.2, 0.25) is 0 Å². The molecule has 0 aromatic rings. The standard InChI is InChI=1S/C13H15/c1-2-4-6-8-10-12-13-11-9-7-5-3-1/h1-6,9-13H,7-8H2/b2-1+,5-3-,6-4+,11-9+,12-10+. The van der Waals surface area contributed by atoms with Gasteiger partial charge < -0.3 is 0 Å². The molecule has 0 aromatic heterocycles. The zero-order valence-electron chi connectivity index (χ0n) is 7.77. The van der Waals surface area contributed by atoms with Crippen molar-refractivity contribution in [2.75, 3.05) is 0 Å². The van der Waals surface area contributed by atoms with Gasteiger partial charge in [0.15, 0.2) is 0 Å². The first-order valence-corrected chi connectivity index (χ1v) is 4.63. The van der Waals surface area contributed by atoms with Gasteiger partial charge >= 0.3 is 0 Å². The first-order valence-electron chi connectivity index (χ1n) is 4.63. The SMILES string of the molecule is [CH]1/C=C/C\C=C/C=C/C=C/C/C=C/1. The van der Waals surface area contributed by atoms with Gasteiger partial charge in [-0.3, -0.25) is 0 Å². The van der Waals surface area contributed by atoms with Gasteiger partial charge in [-0.2, -0.15) is 0 Å². The molecule has 0 saturated heterocycles. The van der Waals surface area contributed by atoms with Crippen LogP contribution in [0.25, 0.3) is 0 Å². The van der Waals surface area contributed by atoms with Crippen LogP contribution >= 0.6 is 0 Å². The molecule has 1 aliphatic carbocycles. The van der Waals surface area contributed by atoms with Crippen molar-refractivity contribution in [1.29, 1.82) is 0 Å². The maximum absolute atomic E-state index is 2.14. The highest BCUT2D eigenvalue weighted by Crippen LogP contribution is 1.94. The molecule has 0 atom stereocenters. The number of allylic oxidation sites excluding steroid dienone is 10. The Morgan fingerprint density at radius 1 is 0.462 bits per heavy atom. The van der Waals surface area contributed by atoms with Crippen LogP contribution in [-0.2, 0) is 0 Å². The van der Waals surface area contributed by atoms with Gasteiger partial charge in [0.1, 0.15) is 0 Å². The smallest absolute Gasteiger partial charge is 0.00443 e. The summed E-state index contributed by atoms with van der Waals surface area (Å²) in [7, 11) is 0. The topological polar surface area (TPSA) is 0 Å². The Hall–Kier alpha value is -1.30. The van der Waals surface area contributed by atoms with Crippen LogP contribution < -0.4 is 0 Å².